The maximum Gasteiger partial charge on any atom is 0.323 e. The monoisotopic (exact) mass is 258 g/mol. The molecule has 2 amide bonds. The van der Waals surface area contributed by atoms with Crippen molar-refractivity contribution in [3.63, 3.8) is 0 Å². The second-order valence-electron chi connectivity index (χ2n) is 4.60. The molecule has 2 N–H and O–H groups in total. The van der Waals surface area contributed by atoms with Gasteiger partial charge in [0.15, 0.2) is 0 Å². The van der Waals surface area contributed by atoms with Crippen LogP contribution in [-0.2, 0) is 9.59 Å². The zero-order chi connectivity index (χ0) is 13.7. The molecule has 0 aromatic heterocycles. The Hall–Kier alpha value is -1.79. The van der Waals surface area contributed by atoms with Crippen molar-refractivity contribution in [3.8, 4) is 0 Å². The molecule has 7 heteroatoms. The van der Waals surface area contributed by atoms with Gasteiger partial charge in [0.2, 0.25) is 0 Å². The molecule has 0 spiro atoms. The van der Waals surface area contributed by atoms with Crippen molar-refractivity contribution in [2.75, 3.05) is 26.2 Å². The van der Waals surface area contributed by atoms with Crippen molar-refractivity contribution in [1.82, 2.24) is 9.80 Å². The average Bonchev–Trinajstić information content (AvgIpc) is 2.27. The lowest BCUT2D eigenvalue weighted by atomic mass is 9.99. The minimum Gasteiger partial charge on any atom is -0.480 e. The zero-order valence-corrected chi connectivity index (χ0v) is 10.3. The fraction of sp³-hybridized carbons (Fsp3) is 0.727. The van der Waals surface area contributed by atoms with Crippen LogP contribution >= 0.6 is 0 Å². The van der Waals surface area contributed by atoms with Crippen LogP contribution in [-0.4, -0.2) is 64.2 Å². The number of amides is 2. The van der Waals surface area contributed by atoms with Gasteiger partial charge >= 0.3 is 18.0 Å². The molecule has 1 heterocycles. The van der Waals surface area contributed by atoms with Crippen LogP contribution in [0.4, 0.5) is 4.79 Å². The van der Waals surface area contributed by atoms with Crippen molar-refractivity contribution in [1.29, 1.82) is 0 Å². The molecule has 102 valence electrons. The van der Waals surface area contributed by atoms with E-state index in [4.69, 9.17) is 10.2 Å². The van der Waals surface area contributed by atoms with Gasteiger partial charge in [-0.05, 0) is 18.8 Å². The van der Waals surface area contributed by atoms with Crippen LogP contribution in [0.3, 0.4) is 0 Å². The second-order valence-corrected chi connectivity index (χ2v) is 4.60. The Morgan fingerprint density at radius 3 is 1.94 bits per heavy atom. The third kappa shape index (κ3) is 4.23. The SMILES string of the molecule is CC1CCN(C(=O)N(CC(=O)O)CC(=O)O)CC1. The van der Waals surface area contributed by atoms with Crippen LogP contribution in [0.2, 0.25) is 0 Å². The maximum absolute atomic E-state index is 12.0. The summed E-state index contributed by atoms with van der Waals surface area (Å²) < 4.78 is 0. The summed E-state index contributed by atoms with van der Waals surface area (Å²) in [4.78, 5) is 35.6. The number of hydrogen-bond acceptors (Lipinski definition) is 3. The van der Waals surface area contributed by atoms with Crippen molar-refractivity contribution in [2.45, 2.75) is 19.8 Å². The Morgan fingerprint density at radius 2 is 1.56 bits per heavy atom. The smallest absolute Gasteiger partial charge is 0.323 e. The summed E-state index contributed by atoms with van der Waals surface area (Å²) >= 11 is 0. The quantitative estimate of drug-likeness (QED) is 0.756. The van der Waals surface area contributed by atoms with Crippen molar-refractivity contribution < 1.29 is 24.6 Å². The Balaban J connectivity index is 2.63. The number of rotatable bonds is 4. The summed E-state index contributed by atoms with van der Waals surface area (Å²) in [6.45, 7) is 2.02. The molecule has 1 aliphatic heterocycles. The number of urea groups is 1. The van der Waals surface area contributed by atoms with Crippen LogP contribution in [0.15, 0.2) is 0 Å². The number of carboxylic acid groups (broad SMARTS) is 2. The second kappa shape index (κ2) is 6.23. The lowest BCUT2D eigenvalue weighted by Crippen LogP contribution is -2.49. The van der Waals surface area contributed by atoms with E-state index in [1.54, 1.807) is 0 Å². The Bertz CT molecular complexity index is 320. The molecule has 0 atom stereocenters. The molecule has 0 radical (unpaired) electrons. The van der Waals surface area contributed by atoms with E-state index in [-0.39, 0.29) is 0 Å². The zero-order valence-electron chi connectivity index (χ0n) is 10.3. The highest BCUT2D eigenvalue weighted by atomic mass is 16.4. The number of carboxylic acids is 2. The normalized spacial score (nSPS) is 16.4. The first-order valence-corrected chi connectivity index (χ1v) is 5.87. The van der Waals surface area contributed by atoms with E-state index >= 15 is 0 Å². The summed E-state index contributed by atoms with van der Waals surface area (Å²) in [5.41, 5.74) is 0. The predicted molar refractivity (Wildman–Crippen MR) is 62.2 cm³/mol. The van der Waals surface area contributed by atoms with Gasteiger partial charge in [-0.3, -0.25) is 9.59 Å². The summed E-state index contributed by atoms with van der Waals surface area (Å²) in [6.07, 6.45) is 1.72. The first-order valence-electron chi connectivity index (χ1n) is 5.87. The Kier molecular flexibility index (Phi) is 4.94. The number of likely N-dealkylation sites (tertiary alicyclic amines) is 1. The van der Waals surface area contributed by atoms with Gasteiger partial charge in [0.1, 0.15) is 13.1 Å². The highest BCUT2D eigenvalue weighted by molar-refractivity contribution is 5.84. The topological polar surface area (TPSA) is 98.2 Å². The first-order chi connectivity index (χ1) is 8.40. The molecule has 18 heavy (non-hydrogen) atoms. The van der Waals surface area contributed by atoms with Crippen LogP contribution < -0.4 is 0 Å². The number of carbonyl (C=O) groups is 3. The predicted octanol–water partition coefficient (Wildman–Crippen LogP) is 0.310. The van der Waals surface area contributed by atoms with Gasteiger partial charge in [-0.15, -0.1) is 0 Å². The maximum atomic E-state index is 12.0. The minimum atomic E-state index is -1.21. The molecule has 0 unspecified atom stereocenters. The standard InChI is InChI=1S/C11H18N2O5/c1-8-2-4-12(5-3-8)11(18)13(6-9(14)15)7-10(16)17/h8H,2-7H2,1H3,(H,14,15)(H,16,17). The van der Waals surface area contributed by atoms with Crippen molar-refractivity contribution in [3.05, 3.63) is 0 Å². The third-order valence-corrected chi connectivity index (χ3v) is 2.98. The number of hydrogen-bond donors (Lipinski definition) is 2. The lowest BCUT2D eigenvalue weighted by molar-refractivity contribution is -0.140. The largest absolute Gasteiger partial charge is 0.480 e. The van der Waals surface area contributed by atoms with E-state index < -0.39 is 31.1 Å². The van der Waals surface area contributed by atoms with Gasteiger partial charge in [0, 0.05) is 13.1 Å². The molecule has 0 saturated carbocycles. The molecular weight excluding hydrogens is 240 g/mol. The van der Waals surface area contributed by atoms with Crippen LogP contribution in [0.1, 0.15) is 19.8 Å². The highest BCUT2D eigenvalue weighted by Crippen LogP contribution is 2.17. The summed E-state index contributed by atoms with van der Waals surface area (Å²) in [5, 5.41) is 17.4. The minimum absolute atomic E-state index is 0.508. The van der Waals surface area contributed by atoms with Crippen LogP contribution in [0.5, 0.6) is 0 Å². The third-order valence-electron chi connectivity index (χ3n) is 2.98. The van der Waals surface area contributed by atoms with Gasteiger partial charge in [0.25, 0.3) is 0 Å². The van der Waals surface area contributed by atoms with E-state index in [0.29, 0.717) is 19.0 Å². The number of piperidine rings is 1. The Morgan fingerprint density at radius 1 is 1.11 bits per heavy atom. The molecule has 1 rings (SSSR count). The number of aliphatic carboxylic acids is 2. The van der Waals surface area contributed by atoms with E-state index in [1.165, 1.54) is 4.90 Å². The molecule has 1 aliphatic rings. The molecule has 1 fully saturated rings. The van der Waals surface area contributed by atoms with Gasteiger partial charge in [-0.1, -0.05) is 6.92 Å². The summed E-state index contributed by atoms with van der Waals surface area (Å²) in [6, 6.07) is -0.508. The molecule has 0 aliphatic carbocycles. The van der Waals surface area contributed by atoms with E-state index in [0.717, 1.165) is 17.7 Å². The van der Waals surface area contributed by atoms with Crippen LogP contribution in [0, 0.1) is 5.92 Å². The van der Waals surface area contributed by atoms with E-state index in [1.807, 2.05) is 0 Å². The average molecular weight is 258 g/mol. The Labute approximate surface area is 105 Å². The number of nitrogens with zero attached hydrogens (tertiary/aromatic N) is 2. The fourth-order valence-electron chi connectivity index (χ4n) is 1.92. The summed E-state index contributed by atoms with van der Waals surface area (Å²) in [7, 11) is 0. The molecule has 1 saturated heterocycles. The summed E-state index contributed by atoms with van der Waals surface area (Å²) in [5.74, 6) is -1.88. The van der Waals surface area contributed by atoms with E-state index in [2.05, 4.69) is 6.92 Å². The molecular formula is C11H18N2O5. The highest BCUT2D eigenvalue weighted by Gasteiger charge is 2.27. The van der Waals surface area contributed by atoms with Gasteiger partial charge in [-0.2, -0.15) is 0 Å². The molecule has 0 aromatic rings. The molecule has 7 nitrogen and oxygen atoms in total. The molecule has 0 bridgehead atoms. The number of carbonyl (C=O) groups excluding carboxylic acids is 1. The van der Waals surface area contributed by atoms with Crippen molar-refractivity contribution in [2.24, 2.45) is 5.92 Å². The lowest BCUT2D eigenvalue weighted by Gasteiger charge is -2.33. The van der Waals surface area contributed by atoms with Gasteiger partial charge in [0.05, 0.1) is 0 Å². The van der Waals surface area contributed by atoms with Gasteiger partial charge in [-0.25, -0.2) is 4.79 Å². The fourth-order valence-corrected chi connectivity index (χ4v) is 1.92. The molecule has 0 aromatic carbocycles. The van der Waals surface area contributed by atoms with Crippen LogP contribution in [0.25, 0.3) is 0 Å². The first kappa shape index (κ1) is 14.3. The van der Waals surface area contributed by atoms with Gasteiger partial charge < -0.3 is 20.0 Å². The van der Waals surface area contributed by atoms with Crippen molar-refractivity contribution >= 4 is 18.0 Å². The van der Waals surface area contributed by atoms with E-state index in [9.17, 15) is 14.4 Å².